The molecule has 9 heteroatoms. The Balaban J connectivity index is 1.38. The fourth-order valence-corrected chi connectivity index (χ4v) is 4.03. The van der Waals surface area contributed by atoms with E-state index < -0.39 is 0 Å². The van der Waals surface area contributed by atoms with E-state index in [1.807, 2.05) is 54.5 Å². The van der Waals surface area contributed by atoms with Crippen molar-refractivity contribution in [3.8, 4) is 17.3 Å². The second-order valence-electron chi connectivity index (χ2n) is 7.03. The van der Waals surface area contributed by atoms with Crippen molar-refractivity contribution in [2.75, 3.05) is 36.4 Å². The number of hydrogen-bond donors (Lipinski definition) is 1. The van der Waals surface area contributed by atoms with Gasteiger partial charge in [0, 0.05) is 37.1 Å². The maximum absolute atomic E-state index is 12.7. The van der Waals surface area contributed by atoms with Crippen LogP contribution >= 0.6 is 11.3 Å². The van der Waals surface area contributed by atoms with E-state index in [1.54, 1.807) is 4.90 Å². The number of carbonyl (C=O) groups is 1. The molecule has 2 amide bonds. The zero-order valence-electron chi connectivity index (χ0n) is 16.8. The van der Waals surface area contributed by atoms with Crippen molar-refractivity contribution in [2.24, 2.45) is 0 Å². The minimum atomic E-state index is -0.171. The number of hydrogen-bond acceptors (Lipinski definition) is 7. The number of aryl methyl sites for hydroxylation is 1. The van der Waals surface area contributed by atoms with Gasteiger partial charge in [0.25, 0.3) is 0 Å². The first-order chi connectivity index (χ1) is 14.6. The molecule has 1 aliphatic rings. The van der Waals surface area contributed by atoms with Crippen LogP contribution in [0.3, 0.4) is 0 Å². The molecule has 8 nitrogen and oxygen atoms in total. The Morgan fingerprint density at radius 2 is 1.87 bits per heavy atom. The van der Waals surface area contributed by atoms with Crippen molar-refractivity contribution in [2.45, 2.75) is 13.8 Å². The zero-order valence-corrected chi connectivity index (χ0v) is 17.6. The van der Waals surface area contributed by atoms with Gasteiger partial charge in [0.2, 0.25) is 0 Å². The molecule has 0 bridgehead atoms. The number of anilines is 2. The number of nitrogens with one attached hydrogen (secondary N) is 1. The van der Waals surface area contributed by atoms with Crippen molar-refractivity contribution < 1.29 is 4.79 Å². The summed E-state index contributed by atoms with van der Waals surface area (Å²) in [5, 5.41) is 23.3. The second kappa shape index (κ2) is 8.47. The van der Waals surface area contributed by atoms with E-state index in [9.17, 15) is 10.1 Å². The number of amides is 2. The van der Waals surface area contributed by atoms with E-state index in [1.165, 1.54) is 11.3 Å². The van der Waals surface area contributed by atoms with Crippen molar-refractivity contribution in [3.05, 3.63) is 52.5 Å². The number of nitrogens with zero attached hydrogens (tertiary/aromatic N) is 6. The van der Waals surface area contributed by atoms with Crippen molar-refractivity contribution in [1.82, 2.24) is 20.1 Å². The Labute approximate surface area is 178 Å². The highest BCUT2D eigenvalue weighted by molar-refractivity contribution is 7.14. The molecule has 1 fully saturated rings. The number of piperazine rings is 1. The molecule has 0 radical (unpaired) electrons. The van der Waals surface area contributed by atoms with Crippen LogP contribution in [0.15, 0.2) is 35.7 Å². The molecular formula is C21H21N7OS. The van der Waals surface area contributed by atoms with Crippen molar-refractivity contribution >= 4 is 28.3 Å². The third-order valence-corrected chi connectivity index (χ3v) is 5.96. The van der Waals surface area contributed by atoms with Gasteiger partial charge in [-0.15, -0.1) is 16.4 Å². The van der Waals surface area contributed by atoms with Gasteiger partial charge in [-0.25, -0.2) is 9.78 Å². The Bertz CT molecular complexity index is 1100. The maximum atomic E-state index is 12.7. The van der Waals surface area contributed by atoms with Crippen LogP contribution < -0.4 is 10.2 Å². The van der Waals surface area contributed by atoms with E-state index in [0.717, 1.165) is 22.5 Å². The van der Waals surface area contributed by atoms with E-state index in [2.05, 4.69) is 26.6 Å². The molecule has 3 heterocycles. The van der Waals surface area contributed by atoms with E-state index in [-0.39, 0.29) is 6.03 Å². The molecule has 2 aromatic heterocycles. The Hall–Kier alpha value is -3.51. The molecule has 3 aromatic rings. The molecule has 0 saturated carbocycles. The summed E-state index contributed by atoms with van der Waals surface area (Å²) >= 11 is 1.41. The molecule has 0 aliphatic carbocycles. The first kappa shape index (κ1) is 19.8. The number of carbonyl (C=O) groups excluding carboxylic acids is 1. The summed E-state index contributed by atoms with van der Waals surface area (Å²) in [4.78, 5) is 20.9. The smallest absolute Gasteiger partial charge is 0.323 e. The normalized spacial score (nSPS) is 13.8. The summed E-state index contributed by atoms with van der Waals surface area (Å²) in [5.41, 5.74) is 4.02. The lowest BCUT2D eigenvalue weighted by Gasteiger charge is -2.35. The number of urea groups is 1. The maximum Gasteiger partial charge on any atom is 0.323 e. The molecule has 0 unspecified atom stereocenters. The van der Waals surface area contributed by atoms with Crippen LogP contribution in [0, 0.1) is 25.2 Å². The molecule has 0 spiro atoms. The lowest BCUT2D eigenvalue weighted by Crippen LogP contribution is -2.50. The molecule has 30 heavy (non-hydrogen) atoms. The SMILES string of the molecule is Cc1nnc(N2CCN(C(=O)Nc3nc(-c4ccccc4)cs3)CC2)c(C#N)c1C. The number of thiazole rings is 1. The van der Waals surface area contributed by atoms with Crippen LogP contribution in [0.25, 0.3) is 11.3 Å². The predicted molar refractivity (Wildman–Crippen MR) is 117 cm³/mol. The summed E-state index contributed by atoms with van der Waals surface area (Å²) in [6.45, 7) is 5.97. The van der Waals surface area contributed by atoms with E-state index in [0.29, 0.717) is 42.7 Å². The summed E-state index contributed by atoms with van der Waals surface area (Å²) in [5.74, 6) is 0.591. The van der Waals surface area contributed by atoms with Gasteiger partial charge in [-0.1, -0.05) is 30.3 Å². The fraction of sp³-hybridized carbons (Fsp3) is 0.286. The quantitative estimate of drug-likeness (QED) is 0.698. The number of nitriles is 1. The highest BCUT2D eigenvalue weighted by Crippen LogP contribution is 2.25. The summed E-state index contributed by atoms with van der Waals surface area (Å²) < 4.78 is 0. The molecule has 1 N–H and O–H groups in total. The molecule has 1 aromatic carbocycles. The minimum absolute atomic E-state index is 0.171. The second-order valence-corrected chi connectivity index (χ2v) is 7.89. The molecule has 1 saturated heterocycles. The molecule has 152 valence electrons. The topological polar surface area (TPSA) is 98.0 Å². The van der Waals surface area contributed by atoms with Gasteiger partial charge in [-0.3, -0.25) is 5.32 Å². The highest BCUT2D eigenvalue weighted by Gasteiger charge is 2.25. The lowest BCUT2D eigenvalue weighted by molar-refractivity contribution is 0.208. The Morgan fingerprint density at radius 3 is 2.57 bits per heavy atom. The van der Waals surface area contributed by atoms with Crippen molar-refractivity contribution in [3.63, 3.8) is 0 Å². The van der Waals surface area contributed by atoms with Crippen molar-refractivity contribution in [1.29, 1.82) is 5.26 Å². The average Bonchev–Trinajstić information content (AvgIpc) is 3.25. The number of rotatable bonds is 3. The van der Waals surface area contributed by atoms with Gasteiger partial charge in [0.1, 0.15) is 11.6 Å². The Morgan fingerprint density at radius 1 is 1.13 bits per heavy atom. The predicted octanol–water partition coefficient (Wildman–Crippen LogP) is 3.44. The van der Waals surface area contributed by atoms with Gasteiger partial charge < -0.3 is 9.80 Å². The van der Waals surface area contributed by atoms with E-state index in [4.69, 9.17) is 0 Å². The monoisotopic (exact) mass is 419 g/mol. The molecular weight excluding hydrogens is 398 g/mol. The van der Waals surface area contributed by atoms with Gasteiger partial charge in [-0.05, 0) is 19.4 Å². The van der Waals surface area contributed by atoms with Crippen LogP contribution in [0.2, 0.25) is 0 Å². The molecule has 1 aliphatic heterocycles. The summed E-state index contributed by atoms with van der Waals surface area (Å²) in [6.07, 6.45) is 0. The third-order valence-electron chi connectivity index (χ3n) is 5.20. The van der Waals surface area contributed by atoms with Crippen LogP contribution in [0.5, 0.6) is 0 Å². The standard InChI is InChI=1S/C21H21N7OS/c1-14-15(2)25-26-19(17(14)12-22)27-8-10-28(11-9-27)21(29)24-20-23-18(13-30-20)16-6-4-3-5-7-16/h3-7,13H,8-11H2,1-2H3,(H,23,24,29). The highest BCUT2D eigenvalue weighted by atomic mass is 32.1. The Kier molecular flexibility index (Phi) is 5.59. The van der Waals surface area contributed by atoms with Crippen LogP contribution in [-0.4, -0.2) is 52.3 Å². The van der Waals surface area contributed by atoms with Gasteiger partial charge in [0.15, 0.2) is 10.9 Å². The van der Waals surface area contributed by atoms with Crippen LogP contribution in [0.1, 0.15) is 16.8 Å². The van der Waals surface area contributed by atoms with Gasteiger partial charge in [-0.2, -0.15) is 10.4 Å². The molecule has 0 atom stereocenters. The fourth-order valence-electron chi connectivity index (χ4n) is 3.32. The van der Waals surface area contributed by atoms with Gasteiger partial charge in [0.05, 0.1) is 11.4 Å². The van der Waals surface area contributed by atoms with Crippen LogP contribution in [0.4, 0.5) is 15.7 Å². The minimum Gasteiger partial charge on any atom is -0.350 e. The zero-order chi connectivity index (χ0) is 21.1. The van der Waals surface area contributed by atoms with Crippen LogP contribution in [-0.2, 0) is 0 Å². The number of aromatic nitrogens is 3. The number of benzene rings is 1. The third kappa shape index (κ3) is 3.95. The molecule has 4 rings (SSSR count). The summed E-state index contributed by atoms with van der Waals surface area (Å²) in [7, 11) is 0. The first-order valence-electron chi connectivity index (χ1n) is 9.62. The van der Waals surface area contributed by atoms with E-state index >= 15 is 0 Å². The lowest BCUT2D eigenvalue weighted by atomic mass is 10.1. The average molecular weight is 420 g/mol. The first-order valence-corrected chi connectivity index (χ1v) is 10.5. The van der Waals surface area contributed by atoms with Gasteiger partial charge >= 0.3 is 6.03 Å². The summed E-state index contributed by atoms with van der Waals surface area (Å²) in [6, 6.07) is 11.9. The largest absolute Gasteiger partial charge is 0.350 e.